The van der Waals surface area contributed by atoms with Crippen LogP contribution in [0.3, 0.4) is 0 Å². The molecule has 0 aromatic heterocycles. The first-order valence-corrected chi connectivity index (χ1v) is 11.1. The Bertz CT molecular complexity index is 766. The van der Waals surface area contributed by atoms with E-state index in [0.717, 1.165) is 43.3 Å². The third-order valence-corrected chi connectivity index (χ3v) is 4.70. The molecule has 0 aliphatic carbocycles. The molecule has 0 bridgehead atoms. The summed E-state index contributed by atoms with van der Waals surface area (Å²) < 4.78 is 17.0. The van der Waals surface area contributed by atoms with Gasteiger partial charge in [-0.3, -0.25) is 4.99 Å². The molecule has 6 nitrogen and oxygen atoms in total. The summed E-state index contributed by atoms with van der Waals surface area (Å²) in [6.07, 6.45) is 2.03. The smallest absolute Gasteiger partial charge is 0.191 e. The maximum atomic E-state index is 5.91. The van der Waals surface area contributed by atoms with Crippen molar-refractivity contribution in [3.63, 3.8) is 0 Å². The van der Waals surface area contributed by atoms with Gasteiger partial charge in [-0.15, -0.1) is 0 Å². The van der Waals surface area contributed by atoms with E-state index in [2.05, 4.69) is 52.9 Å². The number of hydrogen-bond acceptors (Lipinski definition) is 4. The summed E-state index contributed by atoms with van der Waals surface area (Å²) in [5, 5.41) is 6.73. The van der Waals surface area contributed by atoms with Crippen LogP contribution in [-0.2, 0) is 22.6 Å². The number of nitrogens with one attached hydrogen (secondary N) is 2. The fourth-order valence-corrected chi connectivity index (χ4v) is 3.00. The molecule has 0 unspecified atom stereocenters. The Morgan fingerprint density at radius 1 is 0.935 bits per heavy atom. The first-order chi connectivity index (χ1) is 15.2. The van der Waals surface area contributed by atoms with Crippen molar-refractivity contribution < 1.29 is 14.2 Å². The van der Waals surface area contributed by atoms with Crippen LogP contribution in [0.4, 0.5) is 0 Å². The Labute approximate surface area is 187 Å². The van der Waals surface area contributed by atoms with E-state index < -0.39 is 0 Å². The zero-order valence-electron chi connectivity index (χ0n) is 19.2. The molecule has 2 aromatic rings. The van der Waals surface area contributed by atoms with E-state index in [0.29, 0.717) is 33.0 Å². The molecule has 6 heteroatoms. The second kappa shape index (κ2) is 15.3. The summed E-state index contributed by atoms with van der Waals surface area (Å²) in [6.45, 7) is 8.81. The quantitative estimate of drug-likeness (QED) is 0.270. The molecule has 0 heterocycles. The van der Waals surface area contributed by atoms with Gasteiger partial charge >= 0.3 is 0 Å². The van der Waals surface area contributed by atoms with Gasteiger partial charge < -0.3 is 24.8 Å². The predicted molar refractivity (Wildman–Crippen MR) is 127 cm³/mol. The molecule has 2 rings (SSSR count). The van der Waals surface area contributed by atoms with Crippen LogP contribution in [0.2, 0.25) is 0 Å². The zero-order valence-corrected chi connectivity index (χ0v) is 19.2. The van der Waals surface area contributed by atoms with Gasteiger partial charge in [0, 0.05) is 38.9 Å². The van der Waals surface area contributed by atoms with Crippen molar-refractivity contribution in [2.24, 2.45) is 4.99 Å². The fraction of sp³-hybridized carbons (Fsp3) is 0.480. The Balaban J connectivity index is 1.65. The summed E-state index contributed by atoms with van der Waals surface area (Å²) in [4.78, 5) is 4.31. The monoisotopic (exact) mass is 427 g/mol. The first kappa shape index (κ1) is 24.7. The third-order valence-electron chi connectivity index (χ3n) is 4.70. The maximum Gasteiger partial charge on any atom is 0.191 e. The molecule has 31 heavy (non-hydrogen) atoms. The van der Waals surface area contributed by atoms with Gasteiger partial charge in [0.2, 0.25) is 0 Å². The van der Waals surface area contributed by atoms with Crippen molar-refractivity contribution in [2.75, 3.05) is 40.0 Å². The van der Waals surface area contributed by atoms with Crippen LogP contribution in [0, 0.1) is 6.92 Å². The standard InChI is InChI=1S/C25H37N3O3/c1-4-29-16-17-31-24-18-21(2)12-13-23(24)19-28-25(26-3)27-14-8-9-15-30-20-22-10-6-5-7-11-22/h5-7,10-13,18H,4,8-9,14-17,19-20H2,1-3H3,(H2,26,27,28). The second-order valence-corrected chi connectivity index (χ2v) is 7.25. The highest BCUT2D eigenvalue weighted by Crippen LogP contribution is 2.20. The summed E-state index contributed by atoms with van der Waals surface area (Å²) in [7, 11) is 1.78. The largest absolute Gasteiger partial charge is 0.491 e. The van der Waals surface area contributed by atoms with Crippen LogP contribution in [0.15, 0.2) is 53.5 Å². The average Bonchev–Trinajstić information content (AvgIpc) is 2.79. The van der Waals surface area contributed by atoms with Crippen LogP contribution < -0.4 is 15.4 Å². The van der Waals surface area contributed by atoms with E-state index in [1.807, 2.05) is 25.1 Å². The molecule has 170 valence electrons. The van der Waals surface area contributed by atoms with Crippen molar-refractivity contribution in [3.8, 4) is 5.75 Å². The van der Waals surface area contributed by atoms with E-state index in [9.17, 15) is 0 Å². The lowest BCUT2D eigenvalue weighted by atomic mass is 10.1. The topological polar surface area (TPSA) is 64.1 Å². The molecule has 0 fully saturated rings. The molecular formula is C25H37N3O3. The third kappa shape index (κ3) is 10.3. The van der Waals surface area contributed by atoms with E-state index in [1.54, 1.807) is 7.05 Å². The van der Waals surface area contributed by atoms with Gasteiger partial charge in [-0.25, -0.2) is 0 Å². The predicted octanol–water partition coefficient (Wildman–Crippen LogP) is 4.07. The fourth-order valence-electron chi connectivity index (χ4n) is 3.00. The number of aryl methyl sites for hydroxylation is 1. The Hall–Kier alpha value is -2.57. The molecule has 0 spiro atoms. The van der Waals surface area contributed by atoms with Crippen LogP contribution >= 0.6 is 0 Å². The Morgan fingerprint density at radius 3 is 2.55 bits per heavy atom. The first-order valence-electron chi connectivity index (χ1n) is 11.1. The van der Waals surface area contributed by atoms with Crippen LogP contribution in [0.25, 0.3) is 0 Å². The van der Waals surface area contributed by atoms with E-state index in [1.165, 1.54) is 11.1 Å². The number of rotatable bonds is 14. The number of unbranched alkanes of at least 4 members (excludes halogenated alkanes) is 1. The van der Waals surface area contributed by atoms with Gasteiger partial charge in [0.25, 0.3) is 0 Å². The lowest BCUT2D eigenvalue weighted by Crippen LogP contribution is -2.37. The van der Waals surface area contributed by atoms with Gasteiger partial charge in [-0.2, -0.15) is 0 Å². The molecule has 0 saturated carbocycles. The number of ether oxygens (including phenoxy) is 3. The summed E-state index contributed by atoms with van der Waals surface area (Å²) in [5.74, 6) is 1.67. The molecule has 2 aromatic carbocycles. The van der Waals surface area contributed by atoms with Gasteiger partial charge in [0.15, 0.2) is 5.96 Å². The summed E-state index contributed by atoms with van der Waals surface area (Å²) in [5.41, 5.74) is 3.48. The van der Waals surface area contributed by atoms with Gasteiger partial charge in [0.1, 0.15) is 12.4 Å². The Morgan fingerprint density at radius 2 is 1.77 bits per heavy atom. The minimum Gasteiger partial charge on any atom is -0.491 e. The minimum atomic E-state index is 0.545. The number of hydrogen-bond donors (Lipinski definition) is 2. The van der Waals surface area contributed by atoms with Crippen molar-refractivity contribution in [3.05, 3.63) is 65.2 Å². The van der Waals surface area contributed by atoms with Gasteiger partial charge in [0.05, 0.1) is 13.2 Å². The highest BCUT2D eigenvalue weighted by Gasteiger charge is 2.06. The van der Waals surface area contributed by atoms with E-state index >= 15 is 0 Å². The van der Waals surface area contributed by atoms with E-state index in [4.69, 9.17) is 14.2 Å². The molecule has 0 aliphatic rings. The lowest BCUT2D eigenvalue weighted by molar-refractivity contribution is 0.110. The highest BCUT2D eigenvalue weighted by atomic mass is 16.5. The zero-order chi connectivity index (χ0) is 22.2. The van der Waals surface area contributed by atoms with Crippen molar-refractivity contribution in [1.29, 1.82) is 0 Å². The molecular weight excluding hydrogens is 390 g/mol. The molecule has 0 saturated heterocycles. The Kier molecular flexibility index (Phi) is 12.2. The molecule has 0 radical (unpaired) electrons. The number of nitrogens with zero attached hydrogens (tertiary/aromatic N) is 1. The maximum absolute atomic E-state index is 5.91. The van der Waals surface area contributed by atoms with Crippen LogP contribution in [0.1, 0.15) is 36.5 Å². The van der Waals surface area contributed by atoms with Crippen LogP contribution in [0.5, 0.6) is 5.75 Å². The van der Waals surface area contributed by atoms with Crippen molar-refractivity contribution >= 4 is 5.96 Å². The van der Waals surface area contributed by atoms with Crippen molar-refractivity contribution in [2.45, 2.75) is 39.8 Å². The average molecular weight is 428 g/mol. The minimum absolute atomic E-state index is 0.545. The number of guanidine groups is 1. The van der Waals surface area contributed by atoms with E-state index in [-0.39, 0.29) is 0 Å². The normalized spacial score (nSPS) is 11.4. The van der Waals surface area contributed by atoms with Crippen LogP contribution in [-0.4, -0.2) is 46.0 Å². The van der Waals surface area contributed by atoms with Crippen molar-refractivity contribution in [1.82, 2.24) is 10.6 Å². The summed E-state index contributed by atoms with van der Waals surface area (Å²) >= 11 is 0. The second-order valence-electron chi connectivity index (χ2n) is 7.25. The molecule has 2 N–H and O–H groups in total. The number of benzene rings is 2. The molecule has 0 atom stereocenters. The number of aliphatic imine (C=N–C) groups is 1. The lowest BCUT2D eigenvalue weighted by Gasteiger charge is -2.15. The molecule has 0 aliphatic heterocycles. The highest BCUT2D eigenvalue weighted by molar-refractivity contribution is 5.79. The summed E-state index contributed by atoms with van der Waals surface area (Å²) in [6, 6.07) is 16.5. The molecule has 0 amide bonds. The SMILES string of the molecule is CCOCCOc1cc(C)ccc1CNC(=NC)NCCCCOCc1ccccc1. The van der Waals surface area contributed by atoms with Gasteiger partial charge in [-0.1, -0.05) is 42.5 Å². The van der Waals surface area contributed by atoms with Gasteiger partial charge in [-0.05, 0) is 43.9 Å².